The van der Waals surface area contributed by atoms with Gasteiger partial charge < -0.3 is 9.47 Å². The molecule has 0 unspecified atom stereocenters. The summed E-state index contributed by atoms with van der Waals surface area (Å²) >= 11 is 12.3. The highest BCUT2D eigenvalue weighted by Crippen LogP contribution is 2.34. The summed E-state index contributed by atoms with van der Waals surface area (Å²) in [5.41, 5.74) is 4.34. The smallest absolute Gasteiger partial charge is 0.271 e. The van der Waals surface area contributed by atoms with Crippen LogP contribution in [0.2, 0.25) is 10.0 Å². The van der Waals surface area contributed by atoms with Crippen LogP contribution in [0.5, 0.6) is 11.5 Å². The molecule has 0 saturated heterocycles. The molecule has 35 heavy (non-hydrogen) atoms. The van der Waals surface area contributed by atoms with Crippen LogP contribution in [0.15, 0.2) is 65.8 Å². The summed E-state index contributed by atoms with van der Waals surface area (Å²) in [5, 5.41) is 4.37. The number of hydrogen-bond donors (Lipinski definition) is 1. The lowest BCUT2D eigenvalue weighted by Crippen LogP contribution is -2.29. The number of rotatable bonds is 9. The first kappa shape index (κ1) is 26.3. The van der Waals surface area contributed by atoms with Gasteiger partial charge in [0.25, 0.3) is 5.91 Å². The lowest BCUT2D eigenvalue weighted by atomic mass is 10.1. The van der Waals surface area contributed by atoms with Crippen LogP contribution in [0.1, 0.15) is 21.5 Å². The minimum Gasteiger partial charge on any atom is -0.493 e. The number of methoxy groups -OCH3 is 2. The highest BCUT2D eigenvalue weighted by atomic mass is 35.5. The molecule has 3 aromatic carbocycles. The summed E-state index contributed by atoms with van der Waals surface area (Å²) < 4.78 is 36.6. The highest BCUT2D eigenvalue weighted by molar-refractivity contribution is 7.92. The molecule has 0 aliphatic heterocycles. The Morgan fingerprint density at radius 2 is 1.71 bits per heavy atom. The van der Waals surface area contributed by atoms with Crippen LogP contribution in [0.4, 0.5) is 5.69 Å². The van der Waals surface area contributed by atoms with Gasteiger partial charge in [-0.3, -0.25) is 9.10 Å². The van der Waals surface area contributed by atoms with Gasteiger partial charge >= 0.3 is 0 Å². The maximum atomic E-state index is 12.5. The molecule has 0 atom stereocenters. The Bertz CT molecular complexity index is 1350. The molecule has 11 heteroatoms. The topological polar surface area (TPSA) is 97.3 Å². The number of hydrogen-bond acceptors (Lipinski definition) is 6. The van der Waals surface area contributed by atoms with Gasteiger partial charge in [0.15, 0.2) is 11.5 Å². The molecule has 8 nitrogen and oxygen atoms in total. The van der Waals surface area contributed by atoms with Gasteiger partial charge in [0.1, 0.15) is 0 Å². The van der Waals surface area contributed by atoms with Crippen LogP contribution in [0.25, 0.3) is 0 Å². The van der Waals surface area contributed by atoms with Crippen molar-refractivity contribution >= 4 is 51.0 Å². The van der Waals surface area contributed by atoms with E-state index in [0.29, 0.717) is 28.2 Å². The van der Waals surface area contributed by atoms with Gasteiger partial charge in [0.05, 0.1) is 49.0 Å². The maximum Gasteiger partial charge on any atom is 0.271 e. The summed E-state index contributed by atoms with van der Waals surface area (Å²) in [6, 6.07) is 16.5. The van der Waals surface area contributed by atoms with E-state index in [9.17, 15) is 13.2 Å². The lowest BCUT2D eigenvalue weighted by molar-refractivity contribution is 0.0955. The maximum absolute atomic E-state index is 12.5. The second kappa shape index (κ2) is 11.4. The fraction of sp³-hybridized carbons (Fsp3) is 0.167. The second-order valence-corrected chi connectivity index (χ2v) is 10.0. The Kier molecular flexibility index (Phi) is 8.61. The second-order valence-electron chi connectivity index (χ2n) is 7.32. The van der Waals surface area contributed by atoms with Crippen molar-refractivity contribution in [3.05, 3.63) is 87.4 Å². The predicted octanol–water partition coefficient (Wildman–Crippen LogP) is 4.74. The van der Waals surface area contributed by atoms with E-state index in [1.54, 1.807) is 60.7 Å². The lowest BCUT2D eigenvalue weighted by Gasteiger charge is -2.24. The Morgan fingerprint density at radius 1 is 1.03 bits per heavy atom. The van der Waals surface area contributed by atoms with Gasteiger partial charge in [-0.05, 0) is 42.0 Å². The number of amides is 1. The van der Waals surface area contributed by atoms with E-state index in [2.05, 4.69) is 10.5 Å². The van der Waals surface area contributed by atoms with E-state index in [0.717, 1.165) is 10.6 Å². The fourth-order valence-electron chi connectivity index (χ4n) is 3.23. The van der Waals surface area contributed by atoms with Crippen LogP contribution in [-0.2, 0) is 16.6 Å². The van der Waals surface area contributed by atoms with E-state index in [4.69, 9.17) is 32.7 Å². The molecule has 1 N–H and O–H groups in total. The Balaban J connectivity index is 1.73. The van der Waals surface area contributed by atoms with Crippen LogP contribution in [0, 0.1) is 0 Å². The van der Waals surface area contributed by atoms with Crippen LogP contribution in [-0.4, -0.2) is 41.0 Å². The molecule has 0 bridgehead atoms. The Labute approximate surface area is 214 Å². The number of anilines is 1. The molecule has 0 aliphatic rings. The van der Waals surface area contributed by atoms with Gasteiger partial charge in [-0.2, -0.15) is 5.10 Å². The zero-order valence-corrected chi connectivity index (χ0v) is 21.5. The minimum absolute atomic E-state index is 0.00851. The number of hydrazone groups is 1. The van der Waals surface area contributed by atoms with Crippen molar-refractivity contribution in [2.24, 2.45) is 5.10 Å². The Morgan fingerprint density at radius 3 is 2.34 bits per heavy atom. The van der Waals surface area contributed by atoms with Crippen molar-refractivity contribution in [3.63, 3.8) is 0 Å². The molecule has 0 aliphatic carbocycles. The number of nitrogens with zero attached hydrogens (tertiary/aromatic N) is 2. The monoisotopic (exact) mass is 535 g/mol. The average Bonchev–Trinajstić information content (AvgIpc) is 2.84. The molecule has 184 valence electrons. The van der Waals surface area contributed by atoms with E-state index >= 15 is 0 Å². The fourth-order valence-corrected chi connectivity index (χ4v) is 4.57. The molecular formula is C24H23Cl2N3O5S. The van der Waals surface area contributed by atoms with Crippen molar-refractivity contribution in [2.45, 2.75) is 6.54 Å². The van der Waals surface area contributed by atoms with Crippen molar-refractivity contribution < 1.29 is 22.7 Å². The largest absolute Gasteiger partial charge is 0.493 e. The van der Waals surface area contributed by atoms with Crippen molar-refractivity contribution in [3.8, 4) is 11.5 Å². The molecular weight excluding hydrogens is 513 g/mol. The van der Waals surface area contributed by atoms with E-state index < -0.39 is 15.9 Å². The zero-order valence-electron chi connectivity index (χ0n) is 19.2. The van der Waals surface area contributed by atoms with Crippen molar-refractivity contribution in [1.29, 1.82) is 0 Å². The van der Waals surface area contributed by atoms with Gasteiger partial charge in [0, 0.05) is 11.1 Å². The third-order valence-electron chi connectivity index (χ3n) is 4.95. The molecule has 1 amide bonds. The summed E-state index contributed by atoms with van der Waals surface area (Å²) in [4.78, 5) is 12.5. The number of benzene rings is 3. The number of para-hydroxylation sites is 1. The molecule has 0 fully saturated rings. The predicted molar refractivity (Wildman–Crippen MR) is 139 cm³/mol. The van der Waals surface area contributed by atoms with Gasteiger partial charge in [0.2, 0.25) is 10.0 Å². The Hall–Kier alpha value is -3.27. The molecule has 3 aromatic rings. The molecule has 0 radical (unpaired) electrons. The quantitative estimate of drug-likeness (QED) is 0.315. The summed E-state index contributed by atoms with van der Waals surface area (Å²) in [6.07, 6.45) is 2.54. The number of carbonyl (C=O) groups excluding carboxylic acids is 1. The number of halogens is 2. The van der Waals surface area contributed by atoms with Crippen LogP contribution in [0.3, 0.4) is 0 Å². The molecule has 0 heterocycles. The number of sulfonamides is 1. The first-order valence-electron chi connectivity index (χ1n) is 10.2. The SMILES string of the molecule is COc1cccc(/C=N\NC(=O)c2ccc(CN(c3cccc(Cl)c3Cl)S(C)(=O)=O)cc2)c1OC. The van der Waals surface area contributed by atoms with Crippen molar-refractivity contribution in [2.75, 3.05) is 24.8 Å². The van der Waals surface area contributed by atoms with Crippen molar-refractivity contribution in [1.82, 2.24) is 5.43 Å². The normalized spacial score (nSPS) is 11.3. The van der Waals surface area contributed by atoms with E-state index in [1.165, 1.54) is 20.4 Å². The first-order chi connectivity index (χ1) is 16.7. The van der Waals surface area contributed by atoms with Gasteiger partial charge in [-0.1, -0.05) is 47.5 Å². The van der Waals surface area contributed by atoms with Crippen LogP contribution < -0.4 is 19.2 Å². The third kappa shape index (κ3) is 6.45. The summed E-state index contributed by atoms with van der Waals surface area (Å²) in [6.45, 7) is 0.00851. The molecule has 0 saturated carbocycles. The van der Waals surface area contributed by atoms with Gasteiger partial charge in [-0.15, -0.1) is 0 Å². The number of nitrogens with one attached hydrogen (secondary N) is 1. The highest BCUT2D eigenvalue weighted by Gasteiger charge is 2.21. The van der Waals surface area contributed by atoms with Gasteiger partial charge in [-0.25, -0.2) is 13.8 Å². The summed E-state index contributed by atoms with van der Waals surface area (Å²) in [5.74, 6) is 0.598. The molecule has 0 aromatic heterocycles. The van der Waals surface area contributed by atoms with E-state index in [-0.39, 0.29) is 22.3 Å². The van der Waals surface area contributed by atoms with Crippen LogP contribution >= 0.6 is 23.2 Å². The molecule has 3 rings (SSSR count). The van der Waals surface area contributed by atoms with E-state index in [1.807, 2.05) is 0 Å². The number of carbonyl (C=O) groups is 1. The number of ether oxygens (including phenoxy) is 2. The zero-order chi connectivity index (χ0) is 25.6. The third-order valence-corrected chi connectivity index (χ3v) is 6.88. The summed E-state index contributed by atoms with van der Waals surface area (Å²) in [7, 11) is -0.613. The minimum atomic E-state index is -3.66. The first-order valence-corrected chi connectivity index (χ1v) is 12.8. The average molecular weight is 536 g/mol. The standard InChI is InChI=1S/C24H23Cl2N3O5S/c1-33-21-9-4-6-18(23(21)34-2)14-27-28-24(30)17-12-10-16(11-13-17)15-29(35(3,31)32)20-8-5-7-19(25)22(20)26/h4-14H,15H2,1-3H3,(H,28,30)/b27-14-. The molecule has 0 spiro atoms.